The Hall–Kier alpha value is -2.56. The second-order valence-electron chi connectivity index (χ2n) is 5.84. The monoisotopic (exact) mass is 328 g/mol. The first-order valence-electron chi connectivity index (χ1n) is 8.05. The highest BCUT2D eigenvalue weighted by atomic mass is 16.5. The van der Waals surface area contributed by atoms with E-state index in [0.29, 0.717) is 24.9 Å². The van der Waals surface area contributed by atoms with Crippen molar-refractivity contribution in [2.45, 2.75) is 33.6 Å². The molecule has 5 heteroatoms. The van der Waals surface area contributed by atoms with Crippen molar-refractivity contribution in [1.82, 2.24) is 9.88 Å². The second kappa shape index (κ2) is 7.81. The van der Waals surface area contributed by atoms with Gasteiger partial charge in [0.05, 0.1) is 12.7 Å². The molecule has 128 valence electrons. The molecule has 0 atom stereocenters. The van der Waals surface area contributed by atoms with Crippen molar-refractivity contribution in [3.05, 3.63) is 52.8 Å². The minimum absolute atomic E-state index is 0.118. The summed E-state index contributed by atoms with van der Waals surface area (Å²) in [5, 5.41) is 2.87. The Morgan fingerprint density at radius 3 is 2.54 bits per heavy atom. The van der Waals surface area contributed by atoms with Crippen LogP contribution >= 0.6 is 0 Å². The highest BCUT2D eigenvalue weighted by Gasteiger charge is 2.17. The van der Waals surface area contributed by atoms with Gasteiger partial charge in [-0.05, 0) is 44.9 Å². The minimum atomic E-state index is -0.262. The van der Waals surface area contributed by atoms with Gasteiger partial charge in [-0.2, -0.15) is 0 Å². The van der Waals surface area contributed by atoms with Crippen LogP contribution in [0.2, 0.25) is 0 Å². The maximum absolute atomic E-state index is 12.4. The molecule has 0 fully saturated rings. The number of nitrogens with zero attached hydrogens (tertiary/aromatic N) is 1. The predicted molar refractivity (Wildman–Crippen MR) is 93.6 cm³/mol. The Balaban J connectivity index is 2.12. The zero-order chi connectivity index (χ0) is 17.7. The van der Waals surface area contributed by atoms with Gasteiger partial charge in [0, 0.05) is 30.0 Å². The summed E-state index contributed by atoms with van der Waals surface area (Å²) >= 11 is 0. The molecule has 1 amide bonds. The molecule has 1 heterocycles. The molecule has 1 aromatic carbocycles. The zero-order valence-electron chi connectivity index (χ0n) is 14.7. The van der Waals surface area contributed by atoms with Crippen LogP contribution in [0.3, 0.4) is 0 Å². The number of hydrogen-bond donors (Lipinski definition) is 1. The van der Waals surface area contributed by atoms with E-state index in [-0.39, 0.29) is 11.9 Å². The Morgan fingerprint density at radius 2 is 1.88 bits per heavy atom. The predicted octanol–water partition coefficient (Wildman–Crippen LogP) is 3.09. The SMILES string of the molecule is COC(=O)CCCNC(=O)c1cc(C)n(-c2ccccc2C)c1C. The van der Waals surface area contributed by atoms with Crippen molar-refractivity contribution in [2.75, 3.05) is 13.7 Å². The minimum Gasteiger partial charge on any atom is -0.469 e. The number of esters is 1. The van der Waals surface area contributed by atoms with Crippen LogP contribution in [-0.4, -0.2) is 30.1 Å². The molecule has 2 aromatic rings. The van der Waals surface area contributed by atoms with E-state index in [9.17, 15) is 9.59 Å². The summed E-state index contributed by atoms with van der Waals surface area (Å²) in [7, 11) is 1.36. The topological polar surface area (TPSA) is 60.3 Å². The van der Waals surface area contributed by atoms with Crippen LogP contribution in [0.5, 0.6) is 0 Å². The number of carbonyl (C=O) groups is 2. The molecule has 0 bridgehead atoms. The number of ether oxygens (including phenoxy) is 1. The van der Waals surface area contributed by atoms with Gasteiger partial charge in [0.25, 0.3) is 5.91 Å². The fraction of sp³-hybridized carbons (Fsp3) is 0.368. The summed E-state index contributed by atoms with van der Waals surface area (Å²) in [6, 6.07) is 10.0. The number of carbonyl (C=O) groups excluding carboxylic acids is 2. The Morgan fingerprint density at radius 1 is 1.17 bits per heavy atom. The Labute approximate surface area is 142 Å². The normalized spacial score (nSPS) is 10.5. The first kappa shape index (κ1) is 17.8. The van der Waals surface area contributed by atoms with Crippen LogP contribution in [-0.2, 0) is 9.53 Å². The number of benzene rings is 1. The van der Waals surface area contributed by atoms with Crippen molar-refractivity contribution in [3.8, 4) is 5.69 Å². The standard InChI is InChI=1S/C19H24N2O3/c1-13-8-5-6-9-17(13)21-14(2)12-16(15(21)3)19(23)20-11-7-10-18(22)24-4/h5-6,8-9,12H,7,10-11H2,1-4H3,(H,20,23). The van der Waals surface area contributed by atoms with Crippen LogP contribution in [0.25, 0.3) is 5.69 Å². The third kappa shape index (κ3) is 3.85. The fourth-order valence-electron chi connectivity index (χ4n) is 2.81. The molecule has 0 unspecified atom stereocenters. The van der Waals surface area contributed by atoms with Gasteiger partial charge in [-0.15, -0.1) is 0 Å². The van der Waals surface area contributed by atoms with Gasteiger partial charge < -0.3 is 14.6 Å². The van der Waals surface area contributed by atoms with E-state index in [1.54, 1.807) is 0 Å². The Kier molecular flexibility index (Phi) is 5.79. The van der Waals surface area contributed by atoms with E-state index in [1.165, 1.54) is 7.11 Å². The van der Waals surface area contributed by atoms with Crippen molar-refractivity contribution in [2.24, 2.45) is 0 Å². The van der Waals surface area contributed by atoms with E-state index in [1.807, 2.05) is 38.1 Å². The molecule has 5 nitrogen and oxygen atoms in total. The van der Waals surface area contributed by atoms with E-state index in [2.05, 4.69) is 27.6 Å². The Bertz CT molecular complexity index is 747. The van der Waals surface area contributed by atoms with Crippen molar-refractivity contribution in [1.29, 1.82) is 0 Å². The summed E-state index contributed by atoms with van der Waals surface area (Å²) in [5.41, 5.74) is 4.82. The number of amides is 1. The summed E-state index contributed by atoms with van der Waals surface area (Å²) < 4.78 is 6.68. The van der Waals surface area contributed by atoms with Crippen LogP contribution in [0.4, 0.5) is 0 Å². The van der Waals surface area contributed by atoms with Gasteiger partial charge in [0.2, 0.25) is 0 Å². The molecule has 0 saturated heterocycles. The van der Waals surface area contributed by atoms with Crippen molar-refractivity contribution < 1.29 is 14.3 Å². The van der Waals surface area contributed by atoms with E-state index < -0.39 is 0 Å². The quantitative estimate of drug-likeness (QED) is 0.655. The van der Waals surface area contributed by atoms with Gasteiger partial charge in [0.1, 0.15) is 0 Å². The number of aromatic nitrogens is 1. The van der Waals surface area contributed by atoms with Crippen LogP contribution < -0.4 is 5.32 Å². The van der Waals surface area contributed by atoms with Gasteiger partial charge in [-0.3, -0.25) is 9.59 Å². The van der Waals surface area contributed by atoms with E-state index in [0.717, 1.165) is 22.6 Å². The second-order valence-corrected chi connectivity index (χ2v) is 5.84. The third-order valence-electron chi connectivity index (χ3n) is 4.10. The third-order valence-corrected chi connectivity index (χ3v) is 4.10. The van der Waals surface area contributed by atoms with E-state index in [4.69, 9.17) is 0 Å². The molecular formula is C19H24N2O3. The lowest BCUT2D eigenvalue weighted by Crippen LogP contribution is -2.25. The number of aryl methyl sites for hydroxylation is 2. The number of rotatable bonds is 6. The maximum Gasteiger partial charge on any atom is 0.305 e. The molecular weight excluding hydrogens is 304 g/mol. The van der Waals surface area contributed by atoms with E-state index >= 15 is 0 Å². The summed E-state index contributed by atoms with van der Waals surface area (Å²) in [5.74, 6) is -0.380. The van der Waals surface area contributed by atoms with Gasteiger partial charge >= 0.3 is 5.97 Å². The van der Waals surface area contributed by atoms with Gasteiger partial charge in [0.15, 0.2) is 0 Å². The molecule has 1 N–H and O–H groups in total. The number of hydrogen-bond acceptors (Lipinski definition) is 3. The molecule has 1 aromatic heterocycles. The maximum atomic E-state index is 12.4. The van der Waals surface area contributed by atoms with Crippen molar-refractivity contribution in [3.63, 3.8) is 0 Å². The average molecular weight is 328 g/mol. The highest BCUT2D eigenvalue weighted by Crippen LogP contribution is 2.23. The molecule has 2 rings (SSSR count). The highest BCUT2D eigenvalue weighted by molar-refractivity contribution is 5.96. The molecule has 0 aliphatic rings. The average Bonchev–Trinajstić information content (AvgIpc) is 2.86. The molecule has 24 heavy (non-hydrogen) atoms. The van der Waals surface area contributed by atoms with Crippen LogP contribution in [0.1, 0.15) is 40.2 Å². The molecule has 0 aliphatic carbocycles. The molecule has 0 saturated carbocycles. The largest absolute Gasteiger partial charge is 0.469 e. The lowest BCUT2D eigenvalue weighted by atomic mass is 10.2. The van der Waals surface area contributed by atoms with Gasteiger partial charge in [-0.1, -0.05) is 18.2 Å². The molecule has 0 aliphatic heterocycles. The first-order chi connectivity index (χ1) is 11.5. The summed E-state index contributed by atoms with van der Waals surface area (Å²) in [6.45, 7) is 6.44. The van der Waals surface area contributed by atoms with Gasteiger partial charge in [-0.25, -0.2) is 0 Å². The lowest BCUT2D eigenvalue weighted by Gasteiger charge is -2.12. The first-order valence-corrected chi connectivity index (χ1v) is 8.05. The zero-order valence-corrected chi connectivity index (χ0v) is 14.7. The summed E-state index contributed by atoms with van der Waals surface area (Å²) in [6.07, 6.45) is 0.869. The number of para-hydroxylation sites is 1. The van der Waals surface area contributed by atoms with Crippen LogP contribution in [0, 0.1) is 20.8 Å². The van der Waals surface area contributed by atoms with Crippen LogP contribution in [0.15, 0.2) is 30.3 Å². The number of methoxy groups -OCH3 is 1. The lowest BCUT2D eigenvalue weighted by molar-refractivity contribution is -0.140. The molecule has 0 spiro atoms. The molecule has 0 radical (unpaired) electrons. The fourth-order valence-corrected chi connectivity index (χ4v) is 2.81. The van der Waals surface area contributed by atoms with Crippen molar-refractivity contribution >= 4 is 11.9 Å². The summed E-state index contributed by atoms with van der Waals surface area (Å²) in [4.78, 5) is 23.5. The number of nitrogens with one attached hydrogen (secondary N) is 1. The smallest absolute Gasteiger partial charge is 0.305 e.